The Labute approximate surface area is 107 Å². The van der Waals surface area contributed by atoms with Crippen LogP contribution < -0.4 is 5.73 Å². The Morgan fingerprint density at radius 2 is 1.53 bits per heavy atom. The summed E-state index contributed by atoms with van der Waals surface area (Å²) in [5, 5.41) is 0. The molecule has 3 heteroatoms. The van der Waals surface area contributed by atoms with Gasteiger partial charge in [0.15, 0.2) is 0 Å². The molecule has 0 rings (SSSR count). The van der Waals surface area contributed by atoms with Crippen LogP contribution in [-0.4, -0.2) is 29.9 Å². The second kappa shape index (κ2) is 8.51. The molecule has 1 unspecified atom stereocenters. The van der Waals surface area contributed by atoms with Crippen molar-refractivity contribution >= 4 is 5.91 Å². The van der Waals surface area contributed by atoms with E-state index in [0.29, 0.717) is 18.3 Å². The van der Waals surface area contributed by atoms with Gasteiger partial charge in [-0.05, 0) is 31.6 Å². The lowest BCUT2D eigenvalue weighted by Gasteiger charge is -2.26. The largest absolute Gasteiger partial charge is 0.342 e. The highest BCUT2D eigenvalue weighted by atomic mass is 16.2. The van der Waals surface area contributed by atoms with E-state index in [2.05, 4.69) is 27.7 Å². The fraction of sp³-hybridized carbons (Fsp3) is 0.929. The van der Waals surface area contributed by atoms with Crippen LogP contribution in [0.3, 0.4) is 0 Å². The standard InChI is InChI=1S/C14H30N2O/c1-11(2)9-16(10-12(3)4)14(17)8-6-7-13(5)15/h11-13H,6-10,15H2,1-5H3. The van der Waals surface area contributed by atoms with Crippen LogP contribution in [0.1, 0.15) is 53.9 Å². The van der Waals surface area contributed by atoms with Crippen LogP contribution in [0, 0.1) is 11.8 Å². The Bertz CT molecular complexity index is 202. The van der Waals surface area contributed by atoms with Crippen LogP contribution in [-0.2, 0) is 4.79 Å². The van der Waals surface area contributed by atoms with E-state index in [1.165, 1.54) is 0 Å². The molecule has 0 aromatic heterocycles. The summed E-state index contributed by atoms with van der Waals surface area (Å²) in [5.41, 5.74) is 5.69. The molecule has 0 aliphatic heterocycles. The van der Waals surface area contributed by atoms with Gasteiger partial charge in [-0.1, -0.05) is 27.7 Å². The normalized spacial score (nSPS) is 13.2. The Balaban J connectivity index is 4.12. The second-order valence-corrected chi connectivity index (χ2v) is 5.96. The molecule has 0 aliphatic rings. The molecule has 0 aliphatic carbocycles. The first-order valence-electron chi connectivity index (χ1n) is 6.86. The van der Waals surface area contributed by atoms with E-state index in [4.69, 9.17) is 5.73 Å². The van der Waals surface area contributed by atoms with Gasteiger partial charge in [0.2, 0.25) is 5.91 Å². The maximum atomic E-state index is 12.1. The molecule has 0 saturated carbocycles. The summed E-state index contributed by atoms with van der Waals surface area (Å²) in [6, 6.07) is 0.200. The molecule has 0 saturated heterocycles. The highest BCUT2D eigenvalue weighted by molar-refractivity contribution is 5.76. The van der Waals surface area contributed by atoms with Crippen molar-refractivity contribution in [2.75, 3.05) is 13.1 Å². The van der Waals surface area contributed by atoms with Gasteiger partial charge in [0.1, 0.15) is 0 Å². The SMILES string of the molecule is CC(C)CN(CC(C)C)C(=O)CCCC(C)N. The summed E-state index contributed by atoms with van der Waals surface area (Å²) in [6.45, 7) is 12.4. The number of nitrogens with zero attached hydrogens (tertiary/aromatic N) is 1. The van der Waals surface area contributed by atoms with Crippen molar-refractivity contribution in [1.82, 2.24) is 4.90 Å². The van der Waals surface area contributed by atoms with E-state index in [-0.39, 0.29) is 11.9 Å². The summed E-state index contributed by atoms with van der Waals surface area (Å²) in [5.74, 6) is 1.35. The molecule has 0 aromatic carbocycles. The number of nitrogens with two attached hydrogens (primary N) is 1. The lowest BCUT2D eigenvalue weighted by molar-refractivity contribution is -0.132. The first-order valence-corrected chi connectivity index (χ1v) is 6.86. The third-order valence-electron chi connectivity index (χ3n) is 2.57. The molecule has 0 heterocycles. The smallest absolute Gasteiger partial charge is 0.222 e. The number of hydrogen-bond acceptors (Lipinski definition) is 2. The van der Waals surface area contributed by atoms with Crippen molar-refractivity contribution in [3.63, 3.8) is 0 Å². The lowest BCUT2D eigenvalue weighted by Crippen LogP contribution is -2.37. The van der Waals surface area contributed by atoms with Crippen molar-refractivity contribution in [3.8, 4) is 0 Å². The maximum absolute atomic E-state index is 12.1. The minimum atomic E-state index is 0.200. The lowest BCUT2D eigenvalue weighted by atomic mass is 10.1. The predicted molar refractivity (Wildman–Crippen MR) is 73.8 cm³/mol. The molecule has 0 aromatic rings. The minimum absolute atomic E-state index is 0.200. The molecule has 0 spiro atoms. The molecule has 1 amide bonds. The summed E-state index contributed by atoms with van der Waals surface area (Å²) in [7, 11) is 0. The molecule has 102 valence electrons. The summed E-state index contributed by atoms with van der Waals surface area (Å²) in [4.78, 5) is 14.1. The molecular weight excluding hydrogens is 212 g/mol. The molecule has 0 fully saturated rings. The van der Waals surface area contributed by atoms with Gasteiger partial charge in [0.05, 0.1) is 0 Å². The highest BCUT2D eigenvalue weighted by Gasteiger charge is 2.15. The Hall–Kier alpha value is -0.570. The Morgan fingerprint density at radius 1 is 1.06 bits per heavy atom. The highest BCUT2D eigenvalue weighted by Crippen LogP contribution is 2.08. The summed E-state index contributed by atoms with van der Waals surface area (Å²) >= 11 is 0. The number of carbonyl (C=O) groups excluding carboxylic acids is 1. The van der Waals surface area contributed by atoms with Gasteiger partial charge in [-0.2, -0.15) is 0 Å². The first-order chi connectivity index (χ1) is 7.82. The zero-order chi connectivity index (χ0) is 13.4. The van der Waals surface area contributed by atoms with Crippen molar-refractivity contribution in [2.45, 2.75) is 59.9 Å². The van der Waals surface area contributed by atoms with Crippen LogP contribution >= 0.6 is 0 Å². The van der Waals surface area contributed by atoms with E-state index in [0.717, 1.165) is 25.9 Å². The van der Waals surface area contributed by atoms with E-state index in [1.807, 2.05) is 11.8 Å². The van der Waals surface area contributed by atoms with Gasteiger partial charge in [-0.15, -0.1) is 0 Å². The average molecular weight is 242 g/mol. The van der Waals surface area contributed by atoms with Gasteiger partial charge < -0.3 is 10.6 Å². The fourth-order valence-corrected chi connectivity index (χ4v) is 1.89. The molecule has 1 atom stereocenters. The fourth-order valence-electron chi connectivity index (χ4n) is 1.89. The van der Waals surface area contributed by atoms with Crippen LogP contribution in [0.5, 0.6) is 0 Å². The molecule has 2 N–H and O–H groups in total. The number of hydrogen-bond donors (Lipinski definition) is 1. The van der Waals surface area contributed by atoms with Gasteiger partial charge in [-0.3, -0.25) is 4.79 Å². The quantitative estimate of drug-likeness (QED) is 0.711. The van der Waals surface area contributed by atoms with Gasteiger partial charge >= 0.3 is 0 Å². The molecular formula is C14H30N2O. The van der Waals surface area contributed by atoms with Crippen LogP contribution in [0.2, 0.25) is 0 Å². The van der Waals surface area contributed by atoms with E-state index in [1.54, 1.807) is 0 Å². The number of rotatable bonds is 8. The number of amides is 1. The third kappa shape index (κ3) is 9.16. The zero-order valence-corrected chi connectivity index (χ0v) is 12.2. The topological polar surface area (TPSA) is 46.3 Å². The average Bonchev–Trinajstić information content (AvgIpc) is 2.14. The van der Waals surface area contributed by atoms with E-state index >= 15 is 0 Å². The summed E-state index contributed by atoms with van der Waals surface area (Å²) < 4.78 is 0. The second-order valence-electron chi connectivity index (χ2n) is 5.96. The zero-order valence-electron chi connectivity index (χ0n) is 12.2. The number of carbonyl (C=O) groups is 1. The molecule has 0 radical (unpaired) electrons. The molecule has 17 heavy (non-hydrogen) atoms. The predicted octanol–water partition coefficient (Wildman–Crippen LogP) is 2.64. The van der Waals surface area contributed by atoms with Crippen LogP contribution in [0.25, 0.3) is 0 Å². The van der Waals surface area contributed by atoms with Crippen molar-refractivity contribution < 1.29 is 4.79 Å². The van der Waals surface area contributed by atoms with E-state index in [9.17, 15) is 4.79 Å². The van der Waals surface area contributed by atoms with Crippen molar-refractivity contribution in [3.05, 3.63) is 0 Å². The Kier molecular flexibility index (Phi) is 8.23. The molecule has 3 nitrogen and oxygen atoms in total. The van der Waals surface area contributed by atoms with Crippen LogP contribution in [0.15, 0.2) is 0 Å². The maximum Gasteiger partial charge on any atom is 0.222 e. The summed E-state index contributed by atoms with van der Waals surface area (Å²) in [6.07, 6.45) is 2.48. The first kappa shape index (κ1) is 16.4. The van der Waals surface area contributed by atoms with Gasteiger partial charge in [-0.25, -0.2) is 0 Å². The van der Waals surface area contributed by atoms with Crippen LogP contribution in [0.4, 0.5) is 0 Å². The molecule has 0 bridgehead atoms. The van der Waals surface area contributed by atoms with Crippen molar-refractivity contribution in [1.29, 1.82) is 0 Å². The van der Waals surface area contributed by atoms with Crippen molar-refractivity contribution in [2.24, 2.45) is 17.6 Å². The van der Waals surface area contributed by atoms with E-state index < -0.39 is 0 Å². The van der Waals surface area contributed by atoms with Gasteiger partial charge in [0.25, 0.3) is 0 Å². The van der Waals surface area contributed by atoms with Gasteiger partial charge in [0, 0.05) is 25.6 Å². The Morgan fingerprint density at radius 3 is 1.88 bits per heavy atom. The minimum Gasteiger partial charge on any atom is -0.342 e. The third-order valence-corrected chi connectivity index (χ3v) is 2.57. The monoisotopic (exact) mass is 242 g/mol.